The number of carbonyl (C=O) groups is 2. The summed E-state index contributed by atoms with van der Waals surface area (Å²) in [7, 11) is 0. The molecule has 2 aromatic rings. The molecule has 0 spiro atoms. The van der Waals surface area contributed by atoms with Crippen LogP contribution in [0.3, 0.4) is 0 Å². The number of carbonyl (C=O) groups excluding carboxylic acids is 2. The normalized spacial score (nSPS) is 11.6. The van der Waals surface area contributed by atoms with Crippen molar-refractivity contribution >= 4 is 11.8 Å². The third kappa shape index (κ3) is 5.55. The van der Waals surface area contributed by atoms with Gasteiger partial charge in [0.25, 0.3) is 5.91 Å². The molecular formula is C22H27FN2O3. The molecule has 6 heteroatoms. The lowest BCUT2D eigenvalue weighted by atomic mass is 10.1. The van der Waals surface area contributed by atoms with Gasteiger partial charge < -0.3 is 15.0 Å². The number of nitrogens with zero attached hydrogens (tertiary/aromatic N) is 1. The summed E-state index contributed by atoms with van der Waals surface area (Å²) >= 11 is 0. The van der Waals surface area contributed by atoms with Crippen molar-refractivity contribution < 1.29 is 18.7 Å². The first kappa shape index (κ1) is 21.4. The van der Waals surface area contributed by atoms with Crippen LogP contribution in [0.4, 0.5) is 4.39 Å². The number of rotatable bonds is 8. The molecule has 150 valence electrons. The van der Waals surface area contributed by atoms with E-state index in [2.05, 4.69) is 5.32 Å². The van der Waals surface area contributed by atoms with E-state index in [1.54, 1.807) is 32.0 Å². The van der Waals surface area contributed by atoms with E-state index in [1.165, 1.54) is 11.0 Å². The first-order chi connectivity index (χ1) is 13.3. The minimum absolute atomic E-state index is 0.0139. The SMILES string of the molecule is CCNC(=O)C(C)N(Cc1ccccc1F)C(=O)COc1cc(C)ccc1C. The molecule has 28 heavy (non-hydrogen) atoms. The van der Waals surface area contributed by atoms with Crippen LogP contribution in [0.2, 0.25) is 0 Å². The second-order valence-electron chi connectivity index (χ2n) is 6.74. The Morgan fingerprint density at radius 1 is 1.18 bits per heavy atom. The number of amides is 2. The maximum Gasteiger partial charge on any atom is 0.261 e. The lowest BCUT2D eigenvalue weighted by Crippen LogP contribution is -2.49. The fraction of sp³-hybridized carbons (Fsp3) is 0.364. The Balaban J connectivity index is 2.19. The summed E-state index contributed by atoms with van der Waals surface area (Å²) < 4.78 is 19.8. The van der Waals surface area contributed by atoms with E-state index < -0.39 is 11.9 Å². The second-order valence-corrected chi connectivity index (χ2v) is 6.74. The standard InChI is InChI=1S/C22H27FN2O3/c1-5-24-22(27)17(4)25(13-18-8-6-7-9-19(18)23)21(26)14-28-20-12-15(2)10-11-16(20)3/h6-12,17H,5,13-14H2,1-4H3,(H,24,27). The van der Waals surface area contributed by atoms with Crippen molar-refractivity contribution in [3.63, 3.8) is 0 Å². The zero-order valence-corrected chi connectivity index (χ0v) is 16.8. The Bertz CT molecular complexity index is 838. The zero-order chi connectivity index (χ0) is 20.7. The summed E-state index contributed by atoms with van der Waals surface area (Å²) in [5.74, 6) is -0.481. The summed E-state index contributed by atoms with van der Waals surface area (Å²) in [6.07, 6.45) is 0. The molecule has 0 fully saturated rings. The van der Waals surface area contributed by atoms with E-state index in [0.29, 0.717) is 17.9 Å². The number of benzene rings is 2. The number of nitrogens with one attached hydrogen (secondary N) is 1. The molecule has 0 bridgehead atoms. The minimum Gasteiger partial charge on any atom is -0.483 e. The summed E-state index contributed by atoms with van der Waals surface area (Å²) in [6.45, 7) is 7.47. The van der Waals surface area contributed by atoms with Crippen LogP contribution < -0.4 is 10.1 Å². The fourth-order valence-electron chi connectivity index (χ4n) is 2.80. The van der Waals surface area contributed by atoms with Gasteiger partial charge in [0, 0.05) is 18.7 Å². The summed E-state index contributed by atoms with van der Waals surface area (Å²) in [5, 5.41) is 2.70. The van der Waals surface area contributed by atoms with Crippen LogP contribution in [0.15, 0.2) is 42.5 Å². The second kappa shape index (κ2) is 9.88. The highest BCUT2D eigenvalue weighted by Gasteiger charge is 2.27. The largest absolute Gasteiger partial charge is 0.483 e. The Hall–Kier alpha value is -2.89. The van der Waals surface area contributed by atoms with Crippen molar-refractivity contribution in [2.75, 3.05) is 13.2 Å². The van der Waals surface area contributed by atoms with E-state index in [0.717, 1.165) is 11.1 Å². The summed E-state index contributed by atoms with van der Waals surface area (Å²) in [6, 6.07) is 11.2. The van der Waals surface area contributed by atoms with E-state index in [9.17, 15) is 14.0 Å². The van der Waals surface area contributed by atoms with Gasteiger partial charge in [-0.2, -0.15) is 0 Å². The van der Waals surface area contributed by atoms with Crippen molar-refractivity contribution in [2.24, 2.45) is 0 Å². The number of hydrogen-bond donors (Lipinski definition) is 1. The van der Waals surface area contributed by atoms with Crippen LogP contribution in [-0.2, 0) is 16.1 Å². The molecule has 1 atom stereocenters. The molecule has 0 heterocycles. The highest BCUT2D eigenvalue weighted by molar-refractivity contribution is 5.87. The predicted molar refractivity (Wildman–Crippen MR) is 107 cm³/mol. The van der Waals surface area contributed by atoms with Crippen LogP contribution >= 0.6 is 0 Å². The molecule has 0 aromatic heterocycles. The maximum atomic E-state index is 14.1. The molecule has 0 radical (unpaired) electrons. The van der Waals surface area contributed by atoms with Crippen molar-refractivity contribution in [3.05, 3.63) is 65.0 Å². The van der Waals surface area contributed by atoms with Gasteiger partial charge in [0.2, 0.25) is 5.91 Å². The number of likely N-dealkylation sites (N-methyl/N-ethyl adjacent to an activating group) is 1. The van der Waals surface area contributed by atoms with Gasteiger partial charge in [-0.3, -0.25) is 9.59 Å². The molecule has 0 aliphatic rings. The van der Waals surface area contributed by atoms with Crippen LogP contribution in [0.1, 0.15) is 30.5 Å². The summed E-state index contributed by atoms with van der Waals surface area (Å²) in [5.41, 5.74) is 2.28. The van der Waals surface area contributed by atoms with Gasteiger partial charge in [-0.1, -0.05) is 30.3 Å². The topological polar surface area (TPSA) is 58.6 Å². The van der Waals surface area contributed by atoms with Gasteiger partial charge in [-0.25, -0.2) is 4.39 Å². The number of aryl methyl sites for hydroxylation is 2. The van der Waals surface area contributed by atoms with Crippen molar-refractivity contribution in [2.45, 2.75) is 40.3 Å². The number of ether oxygens (including phenoxy) is 1. The van der Waals surface area contributed by atoms with E-state index >= 15 is 0 Å². The maximum absolute atomic E-state index is 14.1. The van der Waals surface area contributed by atoms with Gasteiger partial charge in [-0.05, 0) is 51.0 Å². The molecule has 0 saturated heterocycles. The Labute approximate surface area is 165 Å². The Morgan fingerprint density at radius 2 is 1.89 bits per heavy atom. The number of halogens is 1. The predicted octanol–water partition coefficient (Wildman–Crippen LogP) is 3.37. The van der Waals surface area contributed by atoms with Gasteiger partial charge in [0.05, 0.1) is 0 Å². The van der Waals surface area contributed by atoms with E-state index in [1.807, 2.05) is 32.0 Å². The van der Waals surface area contributed by atoms with Crippen LogP contribution in [0, 0.1) is 19.7 Å². The molecule has 5 nitrogen and oxygen atoms in total. The molecule has 1 N–H and O–H groups in total. The lowest BCUT2D eigenvalue weighted by molar-refractivity contribution is -0.142. The minimum atomic E-state index is -0.755. The van der Waals surface area contributed by atoms with Crippen molar-refractivity contribution in [1.82, 2.24) is 10.2 Å². The molecule has 1 unspecified atom stereocenters. The molecule has 2 amide bonds. The van der Waals surface area contributed by atoms with Gasteiger partial charge >= 0.3 is 0 Å². The first-order valence-corrected chi connectivity index (χ1v) is 9.34. The average molecular weight is 386 g/mol. The van der Waals surface area contributed by atoms with Crippen LogP contribution in [0.5, 0.6) is 5.75 Å². The van der Waals surface area contributed by atoms with Crippen molar-refractivity contribution in [1.29, 1.82) is 0 Å². The van der Waals surface area contributed by atoms with Gasteiger partial charge in [0.15, 0.2) is 6.61 Å². The molecule has 2 rings (SSSR count). The lowest BCUT2D eigenvalue weighted by Gasteiger charge is -2.28. The smallest absolute Gasteiger partial charge is 0.261 e. The Kier molecular flexibility index (Phi) is 7.55. The number of hydrogen-bond acceptors (Lipinski definition) is 3. The van der Waals surface area contributed by atoms with Gasteiger partial charge in [0.1, 0.15) is 17.6 Å². The average Bonchev–Trinajstić information content (AvgIpc) is 2.67. The van der Waals surface area contributed by atoms with Crippen LogP contribution in [0.25, 0.3) is 0 Å². The monoisotopic (exact) mass is 386 g/mol. The first-order valence-electron chi connectivity index (χ1n) is 9.34. The highest BCUT2D eigenvalue weighted by Crippen LogP contribution is 2.20. The molecule has 0 saturated carbocycles. The molecule has 0 aliphatic heterocycles. The van der Waals surface area contributed by atoms with E-state index in [-0.39, 0.29) is 25.0 Å². The molecule has 2 aromatic carbocycles. The third-order valence-corrected chi connectivity index (χ3v) is 4.51. The fourth-order valence-corrected chi connectivity index (χ4v) is 2.80. The highest BCUT2D eigenvalue weighted by atomic mass is 19.1. The molecular weight excluding hydrogens is 359 g/mol. The third-order valence-electron chi connectivity index (χ3n) is 4.51. The molecule has 0 aliphatic carbocycles. The van der Waals surface area contributed by atoms with Gasteiger partial charge in [-0.15, -0.1) is 0 Å². The van der Waals surface area contributed by atoms with E-state index in [4.69, 9.17) is 4.74 Å². The Morgan fingerprint density at radius 3 is 2.57 bits per heavy atom. The zero-order valence-electron chi connectivity index (χ0n) is 16.8. The summed E-state index contributed by atoms with van der Waals surface area (Å²) in [4.78, 5) is 26.5. The quantitative estimate of drug-likeness (QED) is 0.757. The van der Waals surface area contributed by atoms with Crippen molar-refractivity contribution in [3.8, 4) is 5.75 Å². The van der Waals surface area contributed by atoms with Crippen LogP contribution in [-0.4, -0.2) is 35.9 Å².